The molecule has 1 aliphatic carbocycles. The molecule has 0 amide bonds. The van der Waals surface area contributed by atoms with Crippen molar-refractivity contribution in [3.8, 4) is 0 Å². The number of allylic oxidation sites excluding steroid dienone is 1. The predicted molar refractivity (Wildman–Crippen MR) is 80.9 cm³/mol. The van der Waals surface area contributed by atoms with E-state index in [-0.39, 0.29) is 12.3 Å². The molecule has 0 spiro atoms. The molecule has 1 aliphatic heterocycles. The molecule has 3 atom stereocenters. The first kappa shape index (κ1) is 13.4. The monoisotopic (exact) mass is 299 g/mol. The fraction of sp³-hybridized carbons (Fsp3) is 0.400. The molecule has 0 saturated carbocycles. The first-order valence-electron chi connectivity index (χ1n) is 7.26. The van der Waals surface area contributed by atoms with Gasteiger partial charge in [0.25, 0.3) is 0 Å². The smallest absolute Gasteiger partial charge is 0.180 e. The van der Waals surface area contributed by atoms with E-state index in [0.29, 0.717) is 30.5 Å². The first-order chi connectivity index (χ1) is 10.8. The van der Waals surface area contributed by atoms with Crippen LogP contribution >= 0.6 is 0 Å². The summed E-state index contributed by atoms with van der Waals surface area (Å²) >= 11 is 0. The number of hydrogen-bond acceptors (Lipinski definition) is 6. The van der Waals surface area contributed by atoms with Crippen LogP contribution in [0.15, 0.2) is 37.0 Å². The van der Waals surface area contributed by atoms with Gasteiger partial charge in [-0.25, -0.2) is 15.0 Å². The van der Waals surface area contributed by atoms with Crippen molar-refractivity contribution >= 4 is 17.0 Å². The van der Waals surface area contributed by atoms with Crippen LogP contribution < -0.4 is 5.73 Å². The SMILES string of the molecule is C=CCOC1OCC2C[C@@H](n3cnc4c(N)ncnc43)C=C21. The maximum absolute atomic E-state index is 5.85. The predicted octanol–water partition coefficient (Wildman–Crippen LogP) is 1.45. The summed E-state index contributed by atoms with van der Waals surface area (Å²) in [6.45, 7) is 4.84. The van der Waals surface area contributed by atoms with Crippen LogP contribution in [-0.4, -0.2) is 39.0 Å². The second kappa shape index (κ2) is 5.19. The molecule has 2 N–H and O–H groups in total. The Morgan fingerprint density at radius 3 is 3.23 bits per heavy atom. The molecule has 2 aromatic rings. The van der Waals surface area contributed by atoms with Crippen molar-refractivity contribution < 1.29 is 9.47 Å². The Balaban J connectivity index is 1.65. The zero-order valence-electron chi connectivity index (χ0n) is 12.1. The second-order valence-electron chi connectivity index (χ2n) is 5.54. The van der Waals surface area contributed by atoms with Gasteiger partial charge in [-0.05, 0) is 12.0 Å². The van der Waals surface area contributed by atoms with Gasteiger partial charge in [-0.1, -0.05) is 12.2 Å². The van der Waals surface area contributed by atoms with Crippen LogP contribution in [0.4, 0.5) is 5.82 Å². The highest BCUT2D eigenvalue weighted by Crippen LogP contribution is 2.42. The summed E-state index contributed by atoms with van der Waals surface area (Å²) in [5, 5.41) is 0. The molecule has 2 aliphatic rings. The molecule has 4 rings (SSSR count). The molecule has 1 fully saturated rings. The number of rotatable bonds is 4. The third kappa shape index (κ3) is 2.01. The molecule has 7 heteroatoms. The van der Waals surface area contributed by atoms with Crippen LogP contribution in [0.2, 0.25) is 0 Å². The van der Waals surface area contributed by atoms with Gasteiger partial charge in [0, 0.05) is 5.92 Å². The average Bonchev–Trinajstić information content (AvgIpc) is 3.19. The molecule has 114 valence electrons. The lowest BCUT2D eigenvalue weighted by Gasteiger charge is -2.13. The maximum atomic E-state index is 5.85. The Morgan fingerprint density at radius 1 is 1.45 bits per heavy atom. The Morgan fingerprint density at radius 2 is 2.36 bits per heavy atom. The van der Waals surface area contributed by atoms with E-state index < -0.39 is 0 Å². The van der Waals surface area contributed by atoms with Gasteiger partial charge in [0.05, 0.1) is 25.6 Å². The van der Waals surface area contributed by atoms with Gasteiger partial charge in [0.1, 0.15) is 11.8 Å². The Hall–Kier alpha value is -2.25. The molecule has 1 saturated heterocycles. The van der Waals surface area contributed by atoms with Crippen LogP contribution in [-0.2, 0) is 9.47 Å². The summed E-state index contributed by atoms with van der Waals surface area (Å²) < 4.78 is 13.4. The first-order valence-corrected chi connectivity index (χ1v) is 7.26. The Kier molecular flexibility index (Phi) is 3.16. The van der Waals surface area contributed by atoms with Crippen LogP contribution in [0.5, 0.6) is 0 Å². The molecule has 0 bridgehead atoms. The molecule has 7 nitrogen and oxygen atoms in total. The molecule has 2 unspecified atom stereocenters. The van der Waals surface area contributed by atoms with Crippen molar-refractivity contribution in [3.05, 3.63) is 37.0 Å². The number of ether oxygens (including phenoxy) is 2. The van der Waals surface area contributed by atoms with E-state index in [4.69, 9.17) is 15.2 Å². The van der Waals surface area contributed by atoms with E-state index in [1.54, 1.807) is 12.4 Å². The molecular formula is C15H17N5O2. The lowest BCUT2D eigenvalue weighted by molar-refractivity contribution is -0.0847. The normalized spacial score (nSPS) is 27.1. The maximum Gasteiger partial charge on any atom is 0.180 e. The van der Waals surface area contributed by atoms with E-state index in [0.717, 1.165) is 12.1 Å². The van der Waals surface area contributed by atoms with Crippen LogP contribution in [0.3, 0.4) is 0 Å². The van der Waals surface area contributed by atoms with Crippen molar-refractivity contribution in [2.75, 3.05) is 18.9 Å². The summed E-state index contributed by atoms with van der Waals surface area (Å²) in [6, 6.07) is 0.193. The molecule has 0 aromatic carbocycles. The third-order valence-corrected chi connectivity index (χ3v) is 4.21. The van der Waals surface area contributed by atoms with Gasteiger partial charge >= 0.3 is 0 Å². The third-order valence-electron chi connectivity index (χ3n) is 4.21. The molecular weight excluding hydrogens is 282 g/mol. The average molecular weight is 299 g/mol. The minimum atomic E-state index is -0.262. The van der Waals surface area contributed by atoms with Crippen molar-refractivity contribution in [1.82, 2.24) is 19.5 Å². The lowest BCUT2D eigenvalue weighted by atomic mass is 10.0. The van der Waals surface area contributed by atoms with E-state index >= 15 is 0 Å². The number of nitrogen functional groups attached to an aromatic ring is 1. The van der Waals surface area contributed by atoms with Gasteiger partial charge in [0.15, 0.2) is 17.8 Å². The second-order valence-corrected chi connectivity index (χ2v) is 5.54. The largest absolute Gasteiger partial charge is 0.382 e. The number of imidazole rings is 1. The molecule has 0 radical (unpaired) electrons. The minimum Gasteiger partial charge on any atom is -0.382 e. The van der Waals surface area contributed by atoms with Crippen molar-refractivity contribution in [3.63, 3.8) is 0 Å². The zero-order chi connectivity index (χ0) is 15.1. The topological polar surface area (TPSA) is 88.1 Å². The summed E-state index contributed by atoms with van der Waals surface area (Å²) in [7, 11) is 0. The Bertz CT molecular complexity index is 753. The molecule has 2 aromatic heterocycles. The number of nitrogens with two attached hydrogens (primary N) is 1. The fourth-order valence-corrected chi connectivity index (χ4v) is 3.20. The van der Waals surface area contributed by atoms with Gasteiger partial charge in [-0.3, -0.25) is 0 Å². The van der Waals surface area contributed by atoms with Crippen molar-refractivity contribution in [1.29, 1.82) is 0 Å². The highest BCUT2D eigenvalue weighted by Gasteiger charge is 2.39. The number of nitrogens with zero attached hydrogens (tertiary/aromatic N) is 4. The number of fused-ring (bicyclic) bond motifs is 2. The van der Waals surface area contributed by atoms with E-state index in [9.17, 15) is 0 Å². The zero-order valence-corrected chi connectivity index (χ0v) is 12.1. The minimum absolute atomic E-state index is 0.193. The summed E-state index contributed by atoms with van der Waals surface area (Å²) in [5.41, 5.74) is 8.46. The summed E-state index contributed by atoms with van der Waals surface area (Å²) in [5.74, 6) is 0.793. The lowest BCUT2D eigenvalue weighted by Crippen LogP contribution is -2.13. The van der Waals surface area contributed by atoms with E-state index in [1.807, 2.05) is 4.57 Å². The Labute approximate surface area is 127 Å². The fourth-order valence-electron chi connectivity index (χ4n) is 3.20. The van der Waals surface area contributed by atoms with Crippen LogP contribution in [0, 0.1) is 5.92 Å². The van der Waals surface area contributed by atoms with E-state index in [1.165, 1.54) is 11.9 Å². The van der Waals surface area contributed by atoms with Gasteiger partial charge in [-0.15, -0.1) is 6.58 Å². The van der Waals surface area contributed by atoms with Gasteiger partial charge < -0.3 is 19.8 Å². The summed E-state index contributed by atoms with van der Waals surface area (Å²) in [6.07, 6.45) is 7.87. The number of anilines is 1. The van der Waals surface area contributed by atoms with Crippen LogP contribution in [0.25, 0.3) is 11.2 Å². The standard InChI is InChI=1S/C15H17N5O2/c1-2-3-21-15-11-5-10(4-9(11)6-22-15)20-8-19-12-13(16)17-7-18-14(12)20/h2,5,7-10,15H,1,3-4,6H2,(H2,16,17,18)/t9?,10-,15?/m1/s1. The number of aromatic nitrogens is 4. The quantitative estimate of drug-likeness (QED) is 0.860. The summed E-state index contributed by atoms with van der Waals surface area (Å²) in [4.78, 5) is 12.6. The van der Waals surface area contributed by atoms with Crippen molar-refractivity contribution in [2.24, 2.45) is 5.92 Å². The van der Waals surface area contributed by atoms with Gasteiger partial charge in [-0.2, -0.15) is 0 Å². The molecule has 22 heavy (non-hydrogen) atoms. The van der Waals surface area contributed by atoms with Crippen molar-refractivity contribution in [2.45, 2.75) is 18.8 Å². The van der Waals surface area contributed by atoms with Gasteiger partial charge in [0.2, 0.25) is 0 Å². The van der Waals surface area contributed by atoms with E-state index in [2.05, 4.69) is 27.6 Å². The highest BCUT2D eigenvalue weighted by molar-refractivity contribution is 5.81. The number of hydrogen-bond donors (Lipinski definition) is 1. The molecule has 3 heterocycles. The van der Waals surface area contributed by atoms with Crippen LogP contribution in [0.1, 0.15) is 12.5 Å². The highest BCUT2D eigenvalue weighted by atomic mass is 16.7.